The van der Waals surface area contributed by atoms with Crippen molar-refractivity contribution >= 4 is 28.8 Å². The molecule has 2 amide bonds. The summed E-state index contributed by atoms with van der Waals surface area (Å²) < 4.78 is 5.71. The fourth-order valence-corrected chi connectivity index (χ4v) is 3.72. The van der Waals surface area contributed by atoms with Gasteiger partial charge in [0.15, 0.2) is 0 Å². The molecule has 4 rings (SSSR count). The number of carbonyl (C=O) groups is 2. The Kier molecular flexibility index (Phi) is 5.82. The highest BCUT2D eigenvalue weighted by atomic mass is 16.5. The van der Waals surface area contributed by atoms with Gasteiger partial charge in [-0.3, -0.25) is 9.59 Å². The van der Waals surface area contributed by atoms with Crippen molar-refractivity contribution in [2.75, 3.05) is 16.8 Å². The Morgan fingerprint density at radius 3 is 2.25 bits per heavy atom. The van der Waals surface area contributed by atoms with E-state index in [1.54, 1.807) is 12.1 Å². The largest absolute Gasteiger partial charge is 0.492 e. The average Bonchev–Trinajstić information content (AvgIpc) is 3.02. The highest BCUT2D eigenvalue weighted by Crippen LogP contribution is 2.36. The molecule has 0 atom stereocenters. The maximum absolute atomic E-state index is 13.6. The van der Waals surface area contributed by atoms with Crippen molar-refractivity contribution in [2.45, 2.75) is 27.7 Å². The second-order valence-electron chi connectivity index (χ2n) is 7.88. The van der Waals surface area contributed by atoms with Crippen LogP contribution in [0, 0.1) is 20.8 Å². The van der Waals surface area contributed by atoms with Crippen LogP contribution in [-0.2, 0) is 9.59 Å². The molecular weight excluding hydrogens is 400 g/mol. The quantitative estimate of drug-likeness (QED) is 0.536. The Morgan fingerprint density at radius 1 is 0.844 bits per heavy atom. The molecule has 0 fully saturated rings. The van der Waals surface area contributed by atoms with Gasteiger partial charge in [0.05, 0.1) is 23.6 Å². The van der Waals surface area contributed by atoms with Gasteiger partial charge in [-0.2, -0.15) is 0 Å². The first kappa shape index (κ1) is 21.4. The van der Waals surface area contributed by atoms with Crippen LogP contribution in [-0.4, -0.2) is 18.4 Å². The van der Waals surface area contributed by atoms with E-state index in [1.165, 1.54) is 4.90 Å². The Hall–Kier alpha value is -3.86. The molecule has 0 unspecified atom stereocenters. The van der Waals surface area contributed by atoms with Crippen LogP contribution in [0.25, 0.3) is 5.57 Å². The van der Waals surface area contributed by atoms with Crippen LogP contribution < -0.4 is 15.0 Å². The lowest BCUT2D eigenvalue weighted by Crippen LogP contribution is -2.32. The van der Waals surface area contributed by atoms with Gasteiger partial charge in [-0.15, -0.1) is 0 Å². The Labute approximate surface area is 188 Å². The van der Waals surface area contributed by atoms with Crippen molar-refractivity contribution in [1.29, 1.82) is 0 Å². The number of aryl methyl sites for hydroxylation is 3. The first-order valence-corrected chi connectivity index (χ1v) is 10.7. The zero-order chi connectivity index (χ0) is 22.8. The zero-order valence-corrected chi connectivity index (χ0v) is 18.7. The van der Waals surface area contributed by atoms with Gasteiger partial charge >= 0.3 is 0 Å². The van der Waals surface area contributed by atoms with Gasteiger partial charge in [-0.25, -0.2) is 4.90 Å². The highest BCUT2D eigenvalue weighted by molar-refractivity contribution is 6.46. The number of imide groups is 1. The zero-order valence-electron chi connectivity index (χ0n) is 18.7. The third-order valence-electron chi connectivity index (χ3n) is 5.62. The maximum atomic E-state index is 13.6. The van der Waals surface area contributed by atoms with Crippen molar-refractivity contribution in [1.82, 2.24) is 0 Å². The standard InChI is InChI=1S/C27H26N2O3/c1-5-32-23-9-7-6-8-22(23)28-25-24(20-13-12-18(3)19(4)16-20)26(30)29(27(25)31)21-14-10-17(2)11-15-21/h6-16,28H,5H2,1-4H3. The predicted molar refractivity (Wildman–Crippen MR) is 128 cm³/mol. The lowest BCUT2D eigenvalue weighted by atomic mass is 9.99. The van der Waals surface area contributed by atoms with Crippen molar-refractivity contribution in [2.24, 2.45) is 0 Å². The number of amides is 2. The lowest BCUT2D eigenvalue weighted by molar-refractivity contribution is -0.120. The summed E-state index contributed by atoms with van der Waals surface area (Å²) in [4.78, 5) is 28.4. The molecule has 1 aliphatic rings. The molecule has 32 heavy (non-hydrogen) atoms. The normalized spacial score (nSPS) is 13.7. The number of nitrogens with one attached hydrogen (secondary N) is 1. The number of benzene rings is 3. The molecule has 0 saturated carbocycles. The summed E-state index contributed by atoms with van der Waals surface area (Å²) in [5.41, 5.74) is 5.71. The summed E-state index contributed by atoms with van der Waals surface area (Å²) >= 11 is 0. The number of ether oxygens (including phenoxy) is 1. The monoisotopic (exact) mass is 426 g/mol. The van der Waals surface area contributed by atoms with E-state index in [0.29, 0.717) is 34.9 Å². The number of anilines is 2. The molecule has 5 heteroatoms. The van der Waals surface area contributed by atoms with Crippen LogP contribution in [0.4, 0.5) is 11.4 Å². The summed E-state index contributed by atoms with van der Waals surface area (Å²) in [5, 5.41) is 3.21. The third-order valence-corrected chi connectivity index (χ3v) is 5.62. The molecule has 1 N–H and O–H groups in total. The van der Waals surface area contributed by atoms with Gasteiger partial charge in [-0.1, -0.05) is 48.0 Å². The predicted octanol–water partition coefficient (Wildman–Crippen LogP) is 5.41. The molecule has 0 bridgehead atoms. The van der Waals surface area contributed by atoms with Gasteiger partial charge in [0.25, 0.3) is 11.8 Å². The van der Waals surface area contributed by atoms with Gasteiger partial charge in [0, 0.05) is 0 Å². The molecule has 0 aliphatic carbocycles. The molecule has 1 aliphatic heterocycles. The van der Waals surface area contributed by atoms with Gasteiger partial charge < -0.3 is 10.1 Å². The van der Waals surface area contributed by atoms with E-state index in [-0.39, 0.29) is 11.6 Å². The first-order valence-electron chi connectivity index (χ1n) is 10.7. The van der Waals surface area contributed by atoms with Crippen molar-refractivity contribution in [3.63, 3.8) is 0 Å². The van der Waals surface area contributed by atoms with Crippen molar-refractivity contribution in [3.8, 4) is 5.75 Å². The number of hydrogen-bond donors (Lipinski definition) is 1. The SMILES string of the molecule is CCOc1ccccc1NC1=C(c2ccc(C)c(C)c2)C(=O)N(c2ccc(C)cc2)C1=O. The summed E-state index contributed by atoms with van der Waals surface area (Å²) in [7, 11) is 0. The Morgan fingerprint density at radius 2 is 1.56 bits per heavy atom. The van der Waals surface area contributed by atoms with Crippen LogP contribution in [0.15, 0.2) is 72.4 Å². The van der Waals surface area contributed by atoms with Crippen molar-refractivity contribution in [3.05, 3.63) is 94.7 Å². The molecule has 5 nitrogen and oxygen atoms in total. The second-order valence-corrected chi connectivity index (χ2v) is 7.88. The van der Waals surface area contributed by atoms with Gasteiger partial charge in [0.1, 0.15) is 11.4 Å². The summed E-state index contributed by atoms with van der Waals surface area (Å²) in [6.07, 6.45) is 0. The summed E-state index contributed by atoms with van der Waals surface area (Å²) in [6, 6.07) is 20.6. The number of carbonyl (C=O) groups excluding carboxylic acids is 2. The first-order chi connectivity index (χ1) is 15.4. The smallest absolute Gasteiger partial charge is 0.282 e. The van der Waals surface area contributed by atoms with E-state index in [4.69, 9.17) is 4.74 Å². The fraction of sp³-hybridized carbons (Fsp3) is 0.185. The minimum Gasteiger partial charge on any atom is -0.492 e. The molecule has 1 heterocycles. The third kappa shape index (κ3) is 3.89. The van der Waals surface area contributed by atoms with Gasteiger partial charge in [0.2, 0.25) is 0 Å². The Bertz CT molecular complexity index is 1230. The summed E-state index contributed by atoms with van der Waals surface area (Å²) in [5.74, 6) is -0.118. The van der Waals surface area contributed by atoms with Crippen molar-refractivity contribution < 1.29 is 14.3 Å². The Balaban J connectivity index is 1.85. The summed E-state index contributed by atoms with van der Waals surface area (Å²) in [6.45, 7) is 8.37. The molecule has 0 aromatic heterocycles. The lowest BCUT2D eigenvalue weighted by Gasteiger charge is -2.16. The molecule has 0 radical (unpaired) electrons. The van der Waals surface area contributed by atoms with Crippen LogP contribution >= 0.6 is 0 Å². The van der Waals surface area contributed by atoms with E-state index in [2.05, 4.69) is 5.32 Å². The molecule has 3 aromatic rings. The number of para-hydroxylation sites is 2. The number of nitrogens with zero attached hydrogens (tertiary/aromatic N) is 1. The second kappa shape index (κ2) is 8.71. The molecule has 3 aromatic carbocycles. The minimum atomic E-state index is -0.390. The average molecular weight is 427 g/mol. The highest BCUT2D eigenvalue weighted by Gasteiger charge is 2.40. The topological polar surface area (TPSA) is 58.6 Å². The van der Waals surface area contributed by atoms with Crippen LogP contribution in [0.3, 0.4) is 0 Å². The number of rotatable bonds is 6. The van der Waals surface area contributed by atoms with E-state index < -0.39 is 5.91 Å². The molecule has 0 spiro atoms. The molecule has 0 saturated heterocycles. The van der Waals surface area contributed by atoms with E-state index in [1.807, 2.05) is 82.3 Å². The van der Waals surface area contributed by atoms with Crippen LogP contribution in [0.1, 0.15) is 29.2 Å². The fourth-order valence-electron chi connectivity index (χ4n) is 3.72. The van der Waals surface area contributed by atoms with E-state index in [0.717, 1.165) is 16.7 Å². The van der Waals surface area contributed by atoms with E-state index in [9.17, 15) is 9.59 Å². The number of hydrogen-bond acceptors (Lipinski definition) is 4. The minimum absolute atomic E-state index is 0.242. The van der Waals surface area contributed by atoms with Gasteiger partial charge in [-0.05, 0) is 68.7 Å². The maximum Gasteiger partial charge on any atom is 0.282 e. The van der Waals surface area contributed by atoms with E-state index >= 15 is 0 Å². The van der Waals surface area contributed by atoms with Crippen LogP contribution in [0.5, 0.6) is 5.75 Å². The molecule has 162 valence electrons. The molecular formula is C27H26N2O3. The van der Waals surface area contributed by atoms with Crippen LogP contribution in [0.2, 0.25) is 0 Å².